The van der Waals surface area contributed by atoms with Crippen molar-refractivity contribution in [3.05, 3.63) is 35.9 Å². The Morgan fingerprint density at radius 2 is 2.00 bits per heavy atom. The number of nitrogens with zero attached hydrogens (tertiary/aromatic N) is 1. The lowest BCUT2D eigenvalue weighted by Crippen LogP contribution is -2.27. The Balaban J connectivity index is 2.84. The van der Waals surface area contributed by atoms with Crippen LogP contribution >= 0.6 is 15.9 Å². The first kappa shape index (κ1) is 9.92. The van der Waals surface area contributed by atoms with Crippen molar-refractivity contribution >= 4 is 28.2 Å². The van der Waals surface area contributed by atoms with Gasteiger partial charge >= 0.3 is 0 Å². The molecule has 0 atom stereocenters. The summed E-state index contributed by atoms with van der Waals surface area (Å²) < 4.78 is 0. The minimum Gasteiger partial charge on any atom is -0.278 e. The van der Waals surface area contributed by atoms with Gasteiger partial charge < -0.3 is 0 Å². The molecule has 13 heavy (non-hydrogen) atoms. The summed E-state index contributed by atoms with van der Waals surface area (Å²) in [5, 5.41) is 0. The molecule has 1 aromatic carbocycles. The molecule has 4 heteroatoms. The zero-order valence-corrected chi connectivity index (χ0v) is 8.40. The van der Waals surface area contributed by atoms with Gasteiger partial charge in [0.2, 0.25) is 6.41 Å². The average Bonchev–Trinajstić information content (AvgIpc) is 2.21. The van der Waals surface area contributed by atoms with Crippen molar-refractivity contribution in [1.29, 1.82) is 0 Å². The molecule has 2 amide bonds. The first-order chi connectivity index (χ1) is 6.29. The minimum absolute atomic E-state index is 0.213. The van der Waals surface area contributed by atoms with Crippen molar-refractivity contribution in [2.75, 3.05) is 5.45 Å². The largest absolute Gasteiger partial charge is 0.278 e. The monoisotopic (exact) mass is 241 g/mol. The molecule has 0 aromatic heterocycles. The molecule has 1 rings (SSSR count). The van der Waals surface area contributed by atoms with E-state index in [9.17, 15) is 9.59 Å². The molecule has 0 saturated carbocycles. The van der Waals surface area contributed by atoms with E-state index < -0.39 is 0 Å². The normalized spacial score (nSPS) is 9.31. The number of benzene rings is 1. The quantitative estimate of drug-likeness (QED) is 0.459. The molecule has 0 fully saturated rings. The number of hydrogen-bond acceptors (Lipinski definition) is 2. The third-order valence-electron chi connectivity index (χ3n) is 1.54. The first-order valence-corrected chi connectivity index (χ1v) is 4.79. The van der Waals surface area contributed by atoms with Gasteiger partial charge in [-0.15, -0.1) is 0 Å². The van der Waals surface area contributed by atoms with Gasteiger partial charge in [-0.2, -0.15) is 0 Å². The van der Waals surface area contributed by atoms with Gasteiger partial charge in [0.15, 0.2) is 0 Å². The lowest BCUT2D eigenvalue weighted by Gasteiger charge is -2.10. The van der Waals surface area contributed by atoms with Crippen LogP contribution in [0.3, 0.4) is 0 Å². The van der Waals surface area contributed by atoms with E-state index in [4.69, 9.17) is 0 Å². The summed E-state index contributed by atoms with van der Waals surface area (Å²) in [6.07, 6.45) is 0.504. The second kappa shape index (κ2) is 4.77. The first-order valence-electron chi connectivity index (χ1n) is 3.67. The van der Waals surface area contributed by atoms with E-state index in [0.717, 1.165) is 4.90 Å². The predicted molar refractivity (Wildman–Crippen MR) is 52.5 cm³/mol. The number of amides is 2. The summed E-state index contributed by atoms with van der Waals surface area (Å²) in [7, 11) is 0. The predicted octanol–water partition coefficient (Wildman–Crippen LogP) is 1.64. The Morgan fingerprint density at radius 3 is 2.46 bits per heavy atom. The summed E-state index contributed by atoms with van der Waals surface area (Å²) in [5.74, 6) is -0.299. The highest BCUT2D eigenvalue weighted by Gasteiger charge is 2.12. The number of imide groups is 1. The van der Waals surface area contributed by atoms with Gasteiger partial charge in [0.1, 0.15) is 0 Å². The van der Waals surface area contributed by atoms with E-state index in [1.54, 1.807) is 24.3 Å². The van der Waals surface area contributed by atoms with Crippen LogP contribution in [0.2, 0.25) is 0 Å². The topological polar surface area (TPSA) is 37.4 Å². The Labute approximate surface area is 84.5 Å². The lowest BCUT2D eigenvalue weighted by atomic mass is 10.2. The Kier molecular flexibility index (Phi) is 3.64. The van der Waals surface area contributed by atoms with Gasteiger partial charge in [0.25, 0.3) is 5.91 Å². The van der Waals surface area contributed by atoms with Crippen molar-refractivity contribution in [3.63, 3.8) is 0 Å². The maximum atomic E-state index is 11.5. The molecule has 0 aliphatic rings. The molecule has 0 aliphatic heterocycles. The van der Waals surface area contributed by atoms with Crippen molar-refractivity contribution in [1.82, 2.24) is 4.90 Å². The summed E-state index contributed by atoms with van der Waals surface area (Å²) >= 11 is 3.05. The third kappa shape index (κ3) is 2.39. The highest BCUT2D eigenvalue weighted by molar-refractivity contribution is 9.09. The average molecular weight is 242 g/mol. The molecule has 0 heterocycles. The molecule has 0 aliphatic carbocycles. The molecule has 0 unspecified atom stereocenters. The fraction of sp³-hybridized carbons (Fsp3) is 0.111. The number of rotatable bonds is 3. The maximum absolute atomic E-state index is 11.5. The van der Waals surface area contributed by atoms with E-state index in [1.165, 1.54) is 0 Å². The zero-order chi connectivity index (χ0) is 9.68. The van der Waals surface area contributed by atoms with Crippen molar-refractivity contribution in [2.45, 2.75) is 0 Å². The molecule has 0 saturated heterocycles. The number of halogens is 1. The molecule has 3 nitrogen and oxygen atoms in total. The zero-order valence-electron chi connectivity index (χ0n) is 6.81. The summed E-state index contributed by atoms with van der Waals surface area (Å²) in [4.78, 5) is 22.9. The molecule has 0 N–H and O–H groups in total. The molecule has 68 valence electrons. The van der Waals surface area contributed by atoms with E-state index >= 15 is 0 Å². The van der Waals surface area contributed by atoms with Gasteiger partial charge in [-0.1, -0.05) is 34.1 Å². The second-order valence-electron chi connectivity index (χ2n) is 2.37. The van der Waals surface area contributed by atoms with Crippen molar-refractivity contribution in [3.8, 4) is 0 Å². The molecule has 0 radical (unpaired) electrons. The Morgan fingerprint density at radius 1 is 1.38 bits per heavy atom. The van der Waals surface area contributed by atoms with E-state index in [-0.39, 0.29) is 11.4 Å². The van der Waals surface area contributed by atoms with Crippen LogP contribution in [-0.2, 0) is 4.79 Å². The molecular formula is C9H8BrNO2. The third-order valence-corrected chi connectivity index (χ3v) is 2.08. The minimum atomic E-state index is -0.299. The molecule has 0 spiro atoms. The fourth-order valence-electron chi connectivity index (χ4n) is 0.877. The Hall–Kier alpha value is -1.16. The van der Waals surface area contributed by atoms with Gasteiger partial charge in [0, 0.05) is 5.56 Å². The SMILES string of the molecule is O=CN(CBr)C(=O)c1ccccc1. The van der Waals surface area contributed by atoms with Gasteiger partial charge in [-0.25, -0.2) is 0 Å². The van der Waals surface area contributed by atoms with Crippen molar-refractivity contribution in [2.24, 2.45) is 0 Å². The molecule has 1 aromatic rings. The van der Waals surface area contributed by atoms with Crippen LogP contribution in [0.5, 0.6) is 0 Å². The van der Waals surface area contributed by atoms with Crippen LogP contribution in [0.15, 0.2) is 30.3 Å². The van der Waals surface area contributed by atoms with E-state index in [0.29, 0.717) is 12.0 Å². The smallest absolute Gasteiger partial charge is 0.261 e. The number of carbonyl (C=O) groups is 2. The van der Waals surface area contributed by atoms with Gasteiger partial charge in [-0.3, -0.25) is 14.5 Å². The Bertz CT molecular complexity index is 300. The highest BCUT2D eigenvalue weighted by Crippen LogP contribution is 2.03. The number of alkyl halides is 1. The fourth-order valence-corrected chi connectivity index (χ4v) is 1.22. The van der Waals surface area contributed by atoms with Gasteiger partial charge in [-0.05, 0) is 12.1 Å². The molecule has 0 bridgehead atoms. The lowest BCUT2D eigenvalue weighted by molar-refractivity contribution is -0.115. The van der Waals surface area contributed by atoms with E-state index in [1.807, 2.05) is 6.07 Å². The van der Waals surface area contributed by atoms with Crippen LogP contribution in [0, 0.1) is 0 Å². The summed E-state index contributed by atoms with van der Waals surface area (Å²) in [5.41, 5.74) is 0.721. The summed E-state index contributed by atoms with van der Waals surface area (Å²) in [6, 6.07) is 8.66. The van der Waals surface area contributed by atoms with Crippen LogP contribution in [0.4, 0.5) is 0 Å². The molecular weight excluding hydrogens is 234 g/mol. The van der Waals surface area contributed by atoms with Crippen molar-refractivity contribution < 1.29 is 9.59 Å². The maximum Gasteiger partial charge on any atom is 0.261 e. The second-order valence-corrected chi connectivity index (χ2v) is 2.87. The standard InChI is InChI=1S/C9H8BrNO2/c10-6-11(7-12)9(13)8-4-2-1-3-5-8/h1-5,7H,6H2. The highest BCUT2D eigenvalue weighted by atomic mass is 79.9. The van der Waals surface area contributed by atoms with Gasteiger partial charge in [0.05, 0.1) is 5.45 Å². The van der Waals surface area contributed by atoms with E-state index in [2.05, 4.69) is 15.9 Å². The summed E-state index contributed by atoms with van der Waals surface area (Å²) in [6.45, 7) is 0. The van der Waals surface area contributed by atoms with Crippen LogP contribution in [0.1, 0.15) is 10.4 Å². The van der Waals surface area contributed by atoms with Crippen LogP contribution in [0.25, 0.3) is 0 Å². The number of carbonyl (C=O) groups excluding carboxylic acids is 2. The van der Waals surface area contributed by atoms with Crippen LogP contribution in [-0.4, -0.2) is 22.7 Å². The number of hydrogen-bond donors (Lipinski definition) is 0. The van der Waals surface area contributed by atoms with Crippen LogP contribution < -0.4 is 0 Å².